The molecule has 2 N–H and O–H groups in total. The summed E-state index contributed by atoms with van der Waals surface area (Å²) in [6.07, 6.45) is 2.36. The number of ether oxygens (including phenoxy) is 1. The number of hydrogen-bond donors (Lipinski definition) is 2. The standard InChI is InChI=1S/C17H18FNO2/c18-15-6-3-5-12(10-19-14-8-9-14)17(15)21-16-7-2-1-4-13(16)11-20/h1-7,14,19-20H,8-11H2. The number of rotatable bonds is 6. The molecule has 0 spiro atoms. The Kier molecular flexibility index (Phi) is 4.18. The highest BCUT2D eigenvalue weighted by atomic mass is 19.1. The van der Waals surface area contributed by atoms with Gasteiger partial charge in [0, 0.05) is 23.7 Å². The van der Waals surface area contributed by atoms with Crippen molar-refractivity contribution in [2.45, 2.75) is 32.0 Å². The van der Waals surface area contributed by atoms with Gasteiger partial charge in [-0.2, -0.15) is 0 Å². The molecule has 1 fully saturated rings. The Morgan fingerprint density at radius 3 is 2.62 bits per heavy atom. The quantitative estimate of drug-likeness (QED) is 0.856. The number of benzene rings is 2. The maximum atomic E-state index is 14.1. The maximum Gasteiger partial charge on any atom is 0.167 e. The van der Waals surface area contributed by atoms with Gasteiger partial charge >= 0.3 is 0 Å². The molecule has 21 heavy (non-hydrogen) atoms. The van der Waals surface area contributed by atoms with Crippen LogP contribution in [0.4, 0.5) is 4.39 Å². The summed E-state index contributed by atoms with van der Waals surface area (Å²) in [6.45, 7) is 0.444. The topological polar surface area (TPSA) is 41.5 Å². The summed E-state index contributed by atoms with van der Waals surface area (Å²) in [5, 5.41) is 12.7. The lowest BCUT2D eigenvalue weighted by atomic mass is 10.1. The molecule has 3 rings (SSSR count). The minimum absolute atomic E-state index is 0.139. The van der Waals surface area contributed by atoms with Crippen molar-refractivity contribution in [3.05, 3.63) is 59.4 Å². The van der Waals surface area contributed by atoms with Crippen molar-refractivity contribution in [2.24, 2.45) is 0 Å². The first-order valence-electron chi connectivity index (χ1n) is 7.15. The van der Waals surface area contributed by atoms with Gasteiger partial charge < -0.3 is 15.2 Å². The van der Waals surface area contributed by atoms with Gasteiger partial charge in [0.25, 0.3) is 0 Å². The van der Waals surface area contributed by atoms with Crippen molar-refractivity contribution >= 4 is 0 Å². The van der Waals surface area contributed by atoms with Crippen LogP contribution in [-0.4, -0.2) is 11.1 Å². The van der Waals surface area contributed by atoms with Crippen LogP contribution in [0, 0.1) is 5.82 Å². The molecule has 0 bridgehead atoms. The normalized spacial score (nSPS) is 14.2. The Morgan fingerprint density at radius 2 is 1.86 bits per heavy atom. The van der Waals surface area contributed by atoms with E-state index < -0.39 is 5.82 Å². The van der Waals surface area contributed by atoms with Gasteiger partial charge in [-0.3, -0.25) is 0 Å². The average Bonchev–Trinajstić information content (AvgIpc) is 3.32. The predicted octanol–water partition coefficient (Wildman–Crippen LogP) is 3.36. The Hall–Kier alpha value is -1.91. The van der Waals surface area contributed by atoms with Crippen LogP contribution in [0.15, 0.2) is 42.5 Å². The molecule has 110 valence electrons. The van der Waals surface area contributed by atoms with Crippen LogP contribution in [0.2, 0.25) is 0 Å². The fourth-order valence-corrected chi connectivity index (χ4v) is 2.19. The zero-order chi connectivity index (χ0) is 14.7. The van der Waals surface area contributed by atoms with Gasteiger partial charge in [0.1, 0.15) is 5.75 Å². The van der Waals surface area contributed by atoms with E-state index in [-0.39, 0.29) is 12.4 Å². The zero-order valence-electron chi connectivity index (χ0n) is 11.7. The minimum Gasteiger partial charge on any atom is -0.454 e. The zero-order valence-corrected chi connectivity index (χ0v) is 11.7. The molecule has 0 aliphatic heterocycles. The number of aliphatic hydroxyl groups excluding tert-OH is 1. The van der Waals surface area contributed by atoms with Gasteiger partial charge in [-0.1, -0.05) is 30.3 Å². The van der Waals surface area contributed by atoms with E-state index in [9.17, 15) is 9.50 Å². The predicted molar refractivity (Wildman–Crippen MR) is 78.7 cm³/mol. The number of halogens is 1. The third-order valence-corrected chi connectivity index (χ3v) is 3.56. The van der Waals surface area contributed by atoms with Crippen molar-refractivity contribution < 1.29 is 14.2 Å². The third kappa shape index (κ3) is 3.40. The summed E-state index contributed by atoms with van der Waals surface area (Å²) in [5.74, 6) is 0.321. The van der Waals surface area contributed by atoms with E-state index in [1.54, 1.807) is 24.3 Å². The fraction of sp³-hybridized carbons (Fsp3) is 0.294. The lowest BCUT2D eigenvalue weighted by Gasteiger charge is -2.14. The summed E-state index contributed by atoms with van der Waals surface area (Å²) in [6, 6.07) is 12.6. The monoisotopic (exact) mass is 287 g/mol. The molecule has 0 saturated heterocycles. The van der Waals surface area contributed by atoms with Gasteiger partial charge in [-0.15, -0.1) is 0 Å². The molecule has 2 aromatic carbocycles. The molecule has 1 aliphatic rings. The third-order valence-electron chi connectivity index (χ3n) is 3.56. The molecule has 1 aliphatic carbocycles. The van der Waals surface area contributed by atoms with Crippen molar-refractivity contribution in [3.63, 3.8) is 0 Å². The van der Waals surface area contributed by atoms with Gasteiger partial charge in [-0.05, 0) is 25.0 Å². The first kappa shape index (κ1) is 14.0. The second-order valence-corrected chi connectivity index (χ2v) is 5.25. The molecule has 0 amide bonds. The number of aliphatic hydroxyl groups is 1. The highest BCUT2D eigenvalue weighted by Crippen LogP contribution is 2.31. The summed E-state index contributed by atoms with van der Waals surface area (Å²) < 4.78 is 19.8. The lowest BCUT2D eigenvalue weighted by molar-refractivity contribution is 0.276. The first-order valence-corrected chi connectivity index (χ1v) is 7.15. The van der Waals surface area contributed by atoms with Crippen LogP contribution in [0.3, 0.4) is 0 Å². The minimum atomic E-state index is -0.391. The van der Waals surface area contributed by atoms with Crippen LogP contribution < -0.4 is 10.1 Å². The molecule has 0 radical (unpaired) electrons. The van der Waals surface area contributed by atoms with Gasteiger partial charge in [0.05, 0.1) is 6.61 Å². The Bertz CT molecular complexity index is 626. The van der Waals surface area contributed by atoms with Gasteiger partial charge in [-0.25, -0.2) is 4.39 Å². The van der Waals surface area contributed by atoms with E-state index in [1.165, 1.54) is 18.9 Å². The van der Waals surface area contributed by atoms with E-state index in [1.807, 2.05) is 12.1 Å². The van der Waals surface area contributed by atoms with E-state index in [0.29, 0.717) is 23.9 Å². The van der Waals surface area contributed by atoms with Crippen LogP contribution >= 0.6 is 0 Å². The molecule has 0 unspecified atom stereocenters. The molecule has 4 heteroatoms. The van der Waals surface area contributed by atoms with E-state index >= 15 is 0 Å². The van der Waals surface area contributed by atoms with Crippen LogP contribution in [0.5, 0.6) is 11.5 Å². The second kappa shape index (κ2) is 6.24. The second-order valence-electron chi connectivity index (χ2n) is 5.25. The van der Waals surface area contributed by atoms with E-state index in [0.717, 1.165) is 5.56 Å². The summed E-state index contributed by atoms with van der Waals surface area (Å²) >= 11 is 0. The number of nitrogens with one attached hydrogen (secondary N) is 1. The number of para-hydroxylation sites is 2. The first-order chi connectivity index (χ1) is 10.3. The number of hydrogen-bond acceptors (Lipinski definition) is 3. The highest BCUT2D eigenvalue weighted by Gasteiger charge is 2.21. The molecule has 2 aromatic rings. The van der Waals surface area contributed by atoms with E-state index in [4.69, 9.17) is 4.74 Å². The Balaban J connectivity index is 1.85. The summed E-state index contributed by atoms with van der Waals surface area (Å²) in [7, 11) is 0. The SMILES string of the molecule is OCc1ccccc1Oc1c(F)cccc1CNC1CC1. The van der Waals surface area contributed by atoms with Crippen LogP contribution in [0.25, 0.3) is 0 Å². The smallest absolute Gasteiger partial charge is 0.167 e. The highest BCUT2D eigenvalue weighted by molar-refractivity contribution is 5.42. The van der Waals surface area contributed by atoms with Crippen LogP contribution in [0.1, 0.15) is 24.0 Å². The largest absolute Gasteiger partial charge is 0.454 e. The summed E-state index contributed by atoms with van der Waals surface area (Å²) in [4.78, 5) is 0. The van der Waals surface area contributed by atoms with Crippen LogP contribution in [-0.2, 0) is 13.2 Å². The van der Waals surface area contributed by atoms with E-state index in [2.05, 4.69) is 5.32 Å². The summed E-state index contributed by atoms with van der Waals surface area (Å²) in [5.41, 5.74) is 1.43. The molecular formula is C17H18FNO2. The molecule has 0 aromatic heterocycles. The van der Waals surface area contributed by atoms with Gasteiger partial charge in [0.2, 0.25) is 0 Å². The van der Waals surface area contributed by atoms with Gasteiger partial charge in [0.15, 0.2) is 11.6 Å². The van der Waals surface area contributed by atoms with Crippen molar-refractivity contribution in [1.82, 2.24) is 5.32 Å². The molecular weight excluding hydrogens is 269 g/mol. The molecule has 3 nitrogen and oxygen atoms in total. The Labute approximate surface area is 123 Å². The van der Waals surface area contributed by atoms with Crippen molar-refractivity contribution in [3.8, 4) is 11.5 Å². The molecule has 0 heterocycles. The molecule has 0 atom stereocenters. The Morgan fingerprint density at radius 1 is 1.10 bits per heavy atom. The maximum absolute atomic E-state index is 14.1. The average molecular weight is 287 g/mol. The lowest BCUT2D eigenvalue weighted by Crippen LogP contribution is -2.16. The fourth-order valence-electron chi connectivity index (χ4n) is 2.19. The van der Waals surface area contributed by atoms with Crippen molar-refractivity contribution in [1.29, 1.82) is 0 Å². The van der Waals surface area contributed by atoms with Crippen molar-refractivity contribution in [2.75, 3.05) is 0 Å². The molecule has 1 saturated carbocycles.